The SMILES string of the molecule is C#CCN(CC1CC1)C(=O)N1CCC(C(=O)O)(C(C)C)C1. The molecule has 21 heavy (non-hydrogen) atoms. The van der Waals surface area contributed by atoms with Crippen LogP contribution in [0.25, 0.3) is 0 Å². The Morgan fingerprint density at radius 2 is 2.14 bits per heavy atom. The van der Waals surface area contributed by atoms with Gasteiger partial charge in [-0.15, -0.1) is 6.42 Å². The molecule has 0 bridgehead atoms. The van der Waals surface area contributed by atoms with E-state index in [0.717, 1.165) is 12.8 Å². The maximum Gasteiger partial charge on any atom is 0.320 e. The van der Waals surface area contributed by atoms with Crippen LogP contribution in [0.5, 0.6) is 0 Å². The lowest BCUT2D eigenvalue weighted by molar-refractivity contribution is -0.150. The van der Waals surface area contributed by atoms with Gasteiger partial charge >= 0.3 is 12.0 Å². The van der Waals surface area contributed by atoms with Crippen LogP contribution in [0.15, 0.2) is 0 Å². The van der Waals surface area contributed by atoms with Gasteiger partial charge in [0.25, 0.3) is 0 Å². The first-order valence-electron chi connectivity index (χ1n) is 7.61. The summed E-state index contributed by atoms with van der Waals surface area (Å²) in [5.74, 6) is 2.29. The van der Waals surface area contributed by atoms with Crippen LogP contribution < -0.4 is 0 Å². The molecule has 2 fully saturated rings. The van der Waals surface area contributed by atoms with Crippen molar-refractivity contribution in [3.8, 4) is 12.3 Å². The summed E-state index contributed by atoms with van der Waals surface area (Å²) in [4.78, 5) is 27.6. The van der Waals surface area contributed by atoms with Gasteiger partial charge in [0.15, 0.2) is 0 Å². The number of urea groups is 1. The van der Waals surface area contributed by atoms with E-state index in [9.17, 15) is 14.7 Å². The first kappa shape index (κ1) is 15.7. The number of nitrogens with zero attached hydrogens (tertiary/aromatic N) is 2. The minimum Gasteiger partial charge on any atom is -0.481 e. The molecule has 5 nitrogen and oxygen atoms in total. The fourth-order valence-corrected chi connectivity index (χ4v) is 3.02. The van der Waals surface area contributed by atoms with E-state index in [4.69, 9.17) is 6.42 Å². The highest BCUT2D eigenvalue weighted by molar-refractivity contribution is 5.80. The van der Waals surface area contributed by atoms with Crippen LogP contribution in [-0.2, 0) is 4.79 Å². The molecule has 1 aliphatic heterocycles. The standard InChI is InChI=1S/C16H24N2O3/c1-4-8-17(10-13-5-6-13)15(21)18-9-7-16(11-18,12(2)3)14(19)20/h1,12-13H,5-11H2,2-3H3,(H,19,20). The van der Waals surface area contributed by atoms with E-state index in [-0.39, 0.29) is 18.5 Å². The van der Waals surface area contributed by atoms with E-state index in [1.54, 1.807) is 9.80 Å². The zero-order valence-electron chi connectivity index (χ0n) is 12.8. The summed E-state index contributed by atoms with van der Waals surface area (Å²) in [7, 11) is 0. The Morgan fingerprint density at radius 3 is 2.57 bits per heavy atom. The average molecular weight is 292 g/mol. The van der Waals surface area contributed by atoms with Crippen molar-refractivity contribution in [2.24, 2.45) is 17.3 Å². The van der Waals surface area contributed by atoms with Crippen molar-refractivity contribution in [3.63, 3.8) is 0 Å². The van der Waals surface area contributed by atoms with Crippen LogP contribution in [0.1, 0.15) is 33.1 Å². The number of amides is 2. The van der Waals surface area contributed by atoms with Gasteiger partial charge < -0.3 is 14.9 Å². The summed E-state index contributed by atoms with van der Waals surface area (Å²) in [6.07, 6.45) is 8.17. The second-order valence-electron chi connectivity index (χ2n) is 6.60. The van der Waals surface area contributed by atoms with Gasteiger partial charge in [-0.1, -0.05) is 19.8 Å². The third-order valence-electron chi connectivity index (χ3n) is 4.83. The second-order valence-corrected chi connectivity index (χ2v) is 6.60. The van der Waals surface area contributed by atoms with Crippen molar-refractivity contribution in [1.82, 2.24) is 9.80 Å². The number of likely N-dealkylation sites (tertiary alicyclic amines) is 1. The first-order valence-corrected chi connectivity index (χ1v) is 7.61. The molecular weight excluding hydrogens is 268 g/mol. The number of rotatable bonds is 5. The average Bonchev–Trinajstić information content (AvgIpc) is 3.11. The van der Waals surface area contributed by atoms with Gasteiger partial charge in [-0.2, -0.15) is 0 Å². The van der Waals surface area contributed by atoms with Crippen LogP contribution in [0.3, 0.4) is 0 Å². The minimum absolute atomic E-state index is 0.00249. The van der Waals surface area contributed by atoms with Crippen LogP contribution in [0.2, 0.25) is 0 Å². The van der Waals surface area contributed by atoms with E-state index in [1.807, 2.05) is 13.8 Å². The molecule has 0 aromatic carbocycles. The highest BCUT2D eigenvalue weighted by Crippen LogP contribution is 2.39. The zero-order chi connectivity index (χ0) is 15.6. The van der Waals surface area contributed by atoms with Gasteiger partial charge in [0.05, 0.1) is 12.0 Å². The summed E-state index contributed by atoms with van der Waals surface area (Å²) in [6.45, 7) is 5.59. The molecule has 1 N–H and O–H groups in total. The number of carbonyl (C=O) groups is 2. The summed E-state index contributed by atoms with van der Waals surface area (Å²) in [5, 5.41) is 9.55. The lowest BCUT2D eigenvalue weighted by Gasteiger charge is -2.30. The predicted octanol–water partition coefficient (Wildman–Crippen LogP) is 1.88. The second kappa shape index (κ2) is 5.97. The van der Waals surface area contributed by atoms with Crippen molar-refractivity contribution >= 4 is 12.0 Å². The Morgan fingerprint density at radius 1 is 1.48 bits per heavy atom. The first-order chi connectivity index (χ1) is 9.90. The Labute approximate surface area is 126 Å². The smallest absolute Gasteiger partial charge is 0.320 e. The van der Waals surface area contributed by atoms with Crippen molar-refractivity contribution in [1.29, 1.82) is 0 Å². The van der Waals surface area contributed by atoms with Gasteiger partial charge in [0.1, 0.15) is 0 Å². The molecule has 1 saturated heterocycles. The molecule has 2 aliphatic rings. The monoisotopic (exact) mass is 292 g/mol. The number of hydrogen-bond acceptors (Lipinski definition) is 2. The van der Waals surface area contributed by atoms with Crippen LogP contribution >= 0.6 is 0 Å². The van der Waals surface area contributed by atoms with Crippen molar-refractivity contribution < 1.29 is 14.7 Å². The van der Waals surface area contributed by atoms with Gasteiger partial charge in [-0.25, -0.2) is 4.79 Å². The largest absolute Gasteiger partial charge is 0.481 e. The summed E-state index contributed by atoms with van der Waals surface area (Å²) >= 11 is 0. The number of carboxylic acid groups (broad SMARTS) is 1. The topological polar surface area (TPSA) is 60.9 Å². The molecule has 1 unspecified atom stereocenters. The number of aliphatic carboxylic acids is 1. The number of terminal acetylenes is 1. The highest BCUT2D eigenvalue weighted by atomic mass is 16.4. The Hall–Kier alpha value is -1.70. The molecule has 0 radical (unpaired) electrons. The molecule has 2 amide bonds. The maximum atomic E-state index is 12.6. The zero-order valence-corrected chi connectivity index (χ0v) is 12.8. The van der Waals surface area contributed by atoms with Crippen LogP contribution in [-0.4, -0.2) is 53.1 Å². The molecule has 2 rings (SSSR count). The third kappa shape index (κ3) is 3.15. The number of carbonyl (C=O) groups excluding carboxylic acids is 1. The predicted molar refractivity (Wildman–Crippen MR) is 79.6 cm³/mol. The van der Waals surface area contributed by atoms with E-state index >= 15 is 0 Å². The molecule has 1 aliphatic carbocycles. The summed E-state index contributed by atoms with van der Waals surface area (Å²) in [5.41, 5.74) is -0.822. The van der Waals surface area contributed by atoms with Gasteiger partial charge in [-0.05, 0) is 31.1 Å². The molecule has 0 aromatic heterocycles. The van der Waals surface area contributed by atoms with Gasteiger partial charge in [0, 0.05) is 19.6 Å². The van der Waals surface area contributed by atoms with Crippen LogP contribution in [0, 0.1) is 29.6 Å². The molecule has 1 atom stereocenters. The number of carboxylic acids is 1. The quantitative estimate of drug-likeness (QED) is 0.787. The lowest BCUT2D eigenvalue weighted by atomic mass is 9.76. The highest BCUT2D eigenvalue weighted by Gasteiger charge is 2.49. The van der Waals surface area contributed by atoms with Crippen LogP contribution in [0.4, 0.5) is 4.79 Å². The summed E-state index contributed by atoms with van der Waals surface area (Å²) < 4.78 is 0. The number of hydrogen-bond donors (Lipinski definition) is 1. The van der Waals surface area contributed by atoms with E-state index in [1.165, 1.54) is 0 Å². The van der Waals surface area contributed by atoms with E-state index in [2.05, 4.69) is 5.92 Å². The lowest BCUT2D eigenvalue weighted by Crippen LogP contribution is -2.46. The fourth-order valence-electron chi connectivity index (χ4n) is 3.02. The Bertz CT molecular complexity index is 465. The molecule has 1 saturated carbocycles. The Kier molecular flexibility index (Phi) is 4.46. The molecule has 5 heteroatoms. The maximum absolute atomic E-state index is 12.6. The molecule has 0 spiro atoms. The van der Waals surface area contributed by atoms with Crippen molar-refractivity contribution in [2.75, 3.05) is 26.2 Å². The minimum atomic E-state index is -0.822. The van der Waals surface area contributed by atoms with E-state index in [0.29, 0.717) is 32.0 Å². The van der Waals surface area contributed by atoms with Crippen molar-refractivity contribution in [2.45, 2.75) is 33.1 Å². The van der Waals surface area contributed by atoms with Crippen molar-refractivity contribution in [3.05, 3.63) is 0 Å². The van der Waals surface area contributed by atoms with E-state index < -0.39 is 11.4 Å². The molecule has 0 aromatic rings. The molecular formula is C16H24N2O3. The molecule has 116 valence electrons. The Balaban J connectivity index is 2.06. The summed E-state index contributed by atoms with van der Waals surface area (Å²) in [6, 6.07) is -0.108. The third-order valence-corrected chi connectivity index (χ3v) is 4.83. The van der Waals surface area contributed by atoms with Gasteiger partial charge in [0.2, 0.25) is 0 Å². The molecule has 1 heterocycles. The fraction of sp³-hybridized carbons (Fsp3) is 0.750. The normalized spacial score (nSPS) is 25.0. The van der Waals surface area contributed by atoms with Gasteiger partial charge in [-0.3, -0.25) is 4.79 Å².